The van der Waals surface area contributed by atoms with Crippen molar-refractivity contribution in [2.75, 3.05) is 6.61 Å². The highest BCUT2D eigenvalue weighted by atomic mass is 16.5. The van der Waals surface area contributed by atoms with Crippen molar-refractivity contribution in [3.05, 3.63) is 89.5 Å². The number of hydrogen-bond donors (Lipinski definition) is 3. The summed E-state index contributed by atoms with van der Waals surface area (Å²) >= 11 is 0. The molecule has 0 spiro atoms. The maximum absolute atomic E-state index is 13.3. The predicted octanol–water partition coefficient (Wildman–Crippen LogP) is 3.42. The average Bonchev–Trinajstić information content (AvgIpc) is 3.28. The summed E-state index contributed by atoms with van der Waals surface area (Å²) in [7, 11) is 0. The number of imidazole rings is 1. The molecule has 0 aliphatic carbocycles. The van der Waals surface area contributed by atoms with E-state index in [-0.39, 0.29) is 12.4 Å². The van der Waals surface area contributed by atoms with Gasteiger partial charge in [-0.3, -0.25) is 14.6 Å². The second-order valence-corrected chi connectivity index (χ2v) is 7.41. The van der Waals surface area contributed by atoms with Crippen LogP contribution in [0.15, 0.2) is 67.1 Å². The minimum Gasteiger partial charge on any atom is -0.491 e. The Balaban J connectivity index is 0.000000775. The molecular formula is C24H22N4O4. The van der Waals surface area contributed by atoms with E-state index in [2.05, 4.69) is 44.5 Å². The number of ether oxygens (including phenoxy) is 1. The highest BCUT2D eigenvalue weighted by Crippen LogP contribution is 2.40. The molecule has 0 bridgehead atoms. The third-order valence-corrected chi connectivity index (χ3v) is 5.46. The second kappa shape index (κ2) is 8.89. The molecule has 0 saturated carbocycles. The molecule has 32 heavy (non-hydrogen) atoms. The lowest BCUT2D eigenvalue weighted by Gasteiger charge is -2.39. The molecule has 4 aromatic rings. The van der Waals surface area contributed by atoms with Crippen molar-refractivity contribution >= 4 is 23.4 Å². The molecule has 0 fully saturated rings. The molecule has 8 heteroatoms. The van der Waals surface area contributed by atoms with Gasteiger partial charge < -0.3 is 20.1 Å². The fourth-order valence-electron chi connectivity index (χ4n) is 3.92. The van der Waals surface area contributed by atoms with Gasteiger partial charge in [0.25, 0.3) is 12.4 Å². The number of carboxylic acid groups (broad SMARTS) is 1. The zero-order valence-electron chi connectivity index (χ0n) is 17.4. The van der Waals surface area contributed by atoms with Gasteiger partial charge in [-0.2, -0.15) is 0 Å². The fourth-order valence-corrected chi connectivity index (χ4v) is 3.92. The maximum atomic E-state index is 13.3. The van der Waals surface area contributed by atoms with Crippen molar-refractivity contribution < 1.29 is 19.4 Å². The Hall–Kier alpha value is -4.20. The number of benzene rings is 2. The van der Waals surface area contributed by atoms with Crippen molar-refractivity contribution in [3.63, 3.8) is 0 Å². The summed E-state index contributed by atoms with van der Waals surface area (Å²) in [4.78, 5) is 33.6. The van der Waals surface area contributed by atoms with Gasteiger partial charge in [0.1, 0.15) is 17.0 Å². The van der Waals surface area contributed by atoms with Crippen LogP contribution in [-0.4, -0.2) is 39.0 Å². The van der Waals surface area contributed by atoms with Gasteiger partial charge in [0.15, 0.2) is 0 Å². The highest BCUT2D eigenvalue weighted by molar-refractivity contribution is 5.98. The van der Waals surface area contributed by atoms with Crippen LogP contribution in [0.5, 0.6) is 5.75 Å². The number of nitrogens with zero attached hydrogens (tertiary/aromatic N) is 2. The standard InChI is InChI=1S/C23H20N4O2.CH2O2/c1-15-4-7-17(8-5-15)23(10-12-29-20-3-2-11-24-21(20)23)27-22(28)16-6-9-18-19(13-16)26-14-25-18;2-1-3/h2-9,11,13-14H,10,12H2,1H3,(H,25,26)(H,27,28);1H,(H,2,3)/t23-;/m0./s1. The van der Waals surface area contributed by atoms with Crippen LogP contribution >= 0.6 is 0 Å². The Morgan fingerprint density at radius 2 is 1.97 bits per heavy atom. The van der Waals surface area contributed by atoms with Crippen LogP contribution in [0.1, 0.15) is 33.6 Å². The van der Waals surface area contributed by atoms with E-state index in [4.69, 9.17) is 14.6 Å². The summed E-state index contributed by atoms with van der Waals surface area (Å²) < 4.78 is 5.83. The molecule has 8 nitrogen and oxygen atoms in total. The van der Waals surface area contributed by atoms with Gasteiger partial charge >= 0.3 is 0 Å². The first kappa shape index (κ1) is 21.0. The number of rotatable bonds is 3. The van der Waals surface area contributed by atoms with E-state index in [0.717, 1.165) is 27.9 Å². The number of fused-ring (bicyclic) bond motifs is 2. The number of aromatic amines is 1. The minimum absolute atomic E-state index is 0.166. The molecule has 0 saturated heterocycles. The second-order valence-electron chi connectivity index (χ2n) is 7.41. The summed E-state index contributed by atoms with van der Waals surface area (Å²) in [6.45, 7) is 2.29. The lowest BCUT2D eigenvalue weighted by atomic mass is 9.81. The number of pyridine rings is 1. The molecule has 1 atom stereocenters. The summed E-state index contributed by atoms with van der Waals surface area (Å²) in [6.07, 6.45) is 3.95. The molecule has 1 aliphatic rings. The average molecular weight is 430 g/mol. The van der Waals surface area contributed by atoms with Crippen molar-refractivity contribution in [2.45, 2.75) is 18.9 Å². The molecule has 3 heterocycles. The number of H-pyrrole nitrogens is 1. The first-order valence-corrected chi connectivity index (χ1v) is 10.1. The van der Waals surface area contributed by atoms with Crippen LogP contribution in [0.4, 0.5) is 0 Å². The molecule has 0 unspecified atom stereocenters. The largest absolute Gasteiger partial charge is 0.491 e. The predicted molar refractivity (Wildman–Crippen MR) is 119 cm³/mol. The Labute approximate surface area is 184 Å². The number of carbonyl (C=O) groups is 2. The summed E-state index contributed by atoms with van der Waals surface area (Å²) in [5.74, 6) is 0.532. The van der Waals surface area contributed by atoms with Crippen molar-refractivity contribution in [2.24, 2.45) is 0 Å². The van der Waals surface area contributed by atoms with Gasteiger partial charge in [-0.1, -0.05) is 29.8 Å². The first-order valence-electron chi connectivity index (χ1n) is 10.1. The van der Waals surface area contributed by atoms with E-state index in [1.54, 1.807) is 18.6 Å². The topological polar surface area (TPSA) is 117 Å². The monoisotopic (exact) mass is 430 g/mol. The van der Waals surface area contributed by atoms with E-state index < -0.39 is 5.54 Å². The number of nitrogens with one attached hydrogen (secondary N) is 2. The summed E-state index contributed by atoms with van der Waals surface area (Å²) in [6, 6.07) is 17.4. The zero-order chi connectivity index (χ0) is 22.6. The Bertz CT molecular complexity index is 1250. The smallest absolute Gasteiger partial charge is 0.290 e. The van der Waals surface area contributed by atoms with Gasteiger partial charge in [-0.25, -0.2) is 4.98 Å². The normalized spacial score (nSPS) is 16.8. The third-order valence-electron chi connectivity index (χ3n) is 5.46. The van der Waals surface area contributed by atoms with Gasteiger partial charge in [0.2, 0.25) is 0 Å². The molecular weight excluding hydrogens is 408 g/mol. The molecule has 162 valence electrons. The molecule has 1 amide bonds. The van der Waals surface area contributed by atoms with Crippen LogP contribution in [0.2, 0.25) is 0 Å². The lowest BCUT2D eigenvalue weighted by molar-refractivity contribution is -0.122. The number of carbonyl (C=O) groups excluding carboxylic acids is 1. The fraction of sp³-hybridized carbons (Fsp3) is 0.167. The van der Waals surface area contributed by atoms with E-state index in [9.17, 15) is 4.79 Å². The highest BCUT2D eigenvalue weighted by Gasteiger charge is 2.42. The van der Waals surface area contributed by atoms with E-state index in [1.807, 2.05) is 31.2 Å². The van der Waals surface area contributed by atoms with E-state index >= 15 is 0 Å². The number of aryl methyl sites for hydroxylation is 1. The van der Waals surface area contributed by atoms with Gasteiger partial charge in [0.05, 0.1) is 24.0 Å². The van der Waals surface area contributed by atoms with Crippen LogP contribution in [0, 0.1) is 6.92 Å². The van der Waals surface area contributed by atoms with E-state index in [1.165, 1.54) is 0 Å². The Morgan fingerprint density at radius 3 is 2.75 bits per heavy atom. The van der Waals surface area contributed by atoms with Crippen molar-refractivity contribution in [1.82, 2.24) is 20.3 Å². The SMILES string of the molecule is Cc1ccc([C@@]2(NC(=O)c3ccc4nc[nH]c4c3)CCOc3cccnc32)cc1.O=CO. The zero-order valence-corrected chi connectivity index (χ0v) is 17.4. The van der Waals surface area contributed by atoms with Crippen molar-refractivity contribution in [1.29, 1.82) is 0 Å². The number of amides is 1. The molecule has 0 radical (unpaired) electrons. The number of hydrogen-bond acceptors (Lipinski definition) is 5. The third kappa shape index (κ3) is 3.90. The Morgan fingerprint density at radius 1 is 1.19 bits per heavy atom. The molecule has 1 aliphatic heterocycles. The van der Waals surface area contributed by atoms with Crippen LogP contribution in [0.25, 0.3) is 11.0 Å². The van der Waals surface area contributed by atoms with E-state index in [0.29, 0.717) is 24.3 Å². The molecule has 2 aromatic heterocycles. The first-order chi connectivity index (χ1) is 15.6. The lowest BCUT2D eigenvalue weighted by Crippen LogP contribution is -2.50. The maximum Gasteiger partial charge on any atom is 0.290 e. The van der Waals surface area contributed by atoms with Crippen LogP contribution in [0.3, 0.4) is 0 Å². The van der Waals surface area contributed by atoms with Crippen LogP contribution < -0.4 is 10.1 Å². The number of aromatic nitrogens is 3. The van der Waals surface area contributed by atoms with Gasteiger partial charge in [0, 0.05) is 18.2 Å². The summed E-state index contributed by atoms with van der Waals surface area (Å²) in [5, 5.41) is 10.2. The molecule has 3 N–H and O–H groups in total. The Kier molecular flexibility index (Phi) is 5.85. The quantitative estimate of drug-likeness (QED) is 0.429. The van der Waals surface area contributed by atoms with Gasteiger partial charge in [-0.05, 0) is 42.8 Å². The summed E-state index contributed by atoms with van der Waals surface area (Å²) in [5.41, 5.74) is 4.34. The van der Waals surface area contributed by atoms with Crippen molar-refractivity contribution in [3.8, 4) is 5.75 Å². The van der Waals surface area contributed by atoms with Crippen LogP contribution in [-0.2, 0) is 10.3 Å². The van der Waals surface area contributed by atoms with Gasteiger partial charge in [-0.15, -0.1) is 0 Å². The minimum atomic E-state index is -0.761. The molecule has 5 rings (SSSR count). The molecule has 2 aromatic carbocycles.